The monoisotopic (exact) mass is 352 g/mol. The molecule has 0 atom stereocenters. The summed E-state index contributed by atoms with van der Waals surface area (Å²) in [5, 5.41) is 0. The van der Waals surface area contributed by atoms with Gasteiger partial charge in [0.05, 0.1) is 11.4 Å². The normalized spacial score (nSPS) is 13.2. The first-order valence-corrected chi connectivity index (χ1v) is 10.6. The zero-order valence-electron chi connectivity index (χ0n) is 14.0. The molecule has 0 N–H and O–H groups in total. The van der Waals surface area contributed by atoms with Gasteiger partial charge in [0.15, 0.2) is 0 Å². The number of hydrogen-bond donors (Lipinski definition) is 0. The van der Waals surface area contributed by atoms with Gasteiger partial charge in [-0.2, -0.15) is 0 Å². The summed E-state index contributed by atoms with van der Waals surface area (Å²) in [5.74, 6) is 1.22. The maximum absolute atomic E-state index is 4.99. The van der Waals surface area contributed by atoms with Gasteiger partial charge in [0.1, 0.15) is 5.82 Å². The van der Waals surface area contributed by atoms with Crippen molar-refractivity contribution in [3.8, 4) is 22.5 Å². The van der Waals surface area contributed by atoms with Gasteiger partial charge in [0, 0.05) is 33.9 Å². The minimum absolute atomic E-state index is 1.07. The van der Waals surface area contributed by atoms with E-state index in [0.29, 0.717) is 0 Å². The highest BCUT2D eigenvalue weighted by Crippen LogP contribution is 2.36. The Hall–Kier alpha value is -1.65. The molecule has 4 heteroatoms. The largest absolute Gasteiger partial charge is 0.327 e. The second kappa shape index (κ2) is 6.69. The number of thioether (sulfide) groups is 2. The first-order chi connectivity index (χ1) is 11.8. The Morgan fingerprint density at radius 1 is 0.833 bits per heavy atom. The molecule has 3 aromatic rings. The van der Waals surface area contributed by atoms with Crippen molar-refractivity contribution in [2.75, 3.05) is 12.5 Å². The average Bonchev–Trinajstić information content (AvgIpc) is 3.23. The van der Waals surface area contributed by atoms with Crippen LogP contribution in [0.4, 0.5) is 0 Å². The molecule has 0 fully saturated rings. The van der Waals surface area contributed by atoms with E-state index < -0.39 is 0 Å². The molecule has 2 aromatic carbocycles. The lowest BCUT2D eigenvalue weighted by atomic mass is 10.0. The fourth-order valence-corrected chi connectivity index (χ4v) is 4.13. The average molecular weight is 353 g/mol. The molecule has 1 aliphatic rings. The van der Waals surface area contributed by atoms with Crippen LogP contribution in [0.1, 0.15) is 12.2 Å². The van der Waals surface area contributed by atoms with Crippen molar-refractivity contribution in [3.05, 3.63) is 54.4 Å². The second-order valence-corrected chi connectivity index (χ2v) is 7.70. The molecule has 2 nitrogen and oxygen atoms in total. The number of benzene rings is 2. The summed E-state index contributed by atoms with van der Waals surface area (Å²) in [4.78, 5) is 7.57. The SMILES string of the molecule is CSc1ccc(-c2nc3n(c2-c2ccc(SC)cc2)CCC3)cc1. The molecule has 0 spiro atoms. The summed E-state index contributed by atoms with van der Waals surface area (Å²) in [6.45, 7) is 1.07. The smallest absolute Gasteiger partial charge is 0.109 e. The standard InChI is InChI=1S/C20H20N2S2/c1-23-16-9-5-14(6-10-16)19-20(22-13-3-4-18(22)21-19)15-7-11-17(24-2)12-8-15/h5-12H,3-4,13H2,1-2H3. The van der Waals surface area contributed by atoms with Gasteiger partial charge in [-0.1, -0.05) is 24.3 Å². The van der Waals surface area contributed by atoms with Gasteiger partial charge < -0.3 is 4.57 Å². The predicted molar refractivity (Wildman–Crippen MR) is 105 cm³/mol. The molecule has 4 rings (SSSR count). The highest BCUT2D eigenvalue weighted by molar-refractivity contribution is 7.98. The Kier molecular flexibility index (Phi) is 4.42. The number of hydrogen-bond acceptors (Lipinski definition) is 3. The van der Waals surface area contributed by atoms with E-state index >= 15 is 0 Å². The minimum atomic E-state index is 1.07. The Morgan fingerprint density at radius 3 is 2.00 bits per heavy atom. The molecule has 0 bridgehead atoms. The molecule has 0 unspecified atom stereocenters. The van der Waals surface area contributed by atoms with Crippen LogP contribution in [0.5, 0.6) is 0 Å². The summed E-state index contributed by atoms with van der Waals surface area (Å²) < 4.78 is 2.41. The Balaban J connectivity index is 1.84. The van der Waals surface area contributed by atoms with E-state index in [1.165, 1.54) is 38.9 Å². The molecule has 122 valence electrons. The summed E-state index contributed by atoms with van der Waals surface area (Å²) in [7, 11) is 0. The van der Waals surface area contributed by atoms with Crippen LogP contribution in [0.25, 0.3) is 22.5 Å². The van der Waals surface area contributed by atoms with Crippen molar-refractivity contribution < 1.29 is 0 Å². The van der Waals surface area contributed by atoms with Gasteiger partial charge in [-0.25, -0.2) is 4.98 Å². The Bertz CT molecular complexity index is 849. The predicted octanol–water partition coefficient (Wildman–Crippen LogP) is 5.61. The Morgan fingerprint density at radius 2 is 1.42 bits per heavy atom. The topological polar surface area (TPSA) is 17.8 Å². The van der Waals surface area contributed by atoms with Crippen LogP contribution < -0.4 is 0 Å². The lowest BCUT2D eigenvalue weighted by Crippen LogP contribution is -1.96. The maximum atomic E-state index is 4.99. The van der Waals surface area contributed by atoms with Gasteiger partial charge in [-0.15, -0.1) is 23.5 Å². The van der Waals surface area contributed by atoms with E-state index in [0.717, 1.165) is 18.7 Å². The number of rotatable bonds is 4. The van der Waals surface area contributed by atoms with Crippen LogP contribution in [0, 0.1) is 0 Å². The van der Waals surface area contributed by atoms with Crippen LogP contribution in [-0.4, -0.2) is 22.1 Å². The first kappa shape index (κ1) is 15.9. The Labute approximate surface area is 151 Å². The molecule has 1 aliphatic heterocycles. The van der Waals surface area contributed by atoms with E-state index in [2.05, 4.69) is 65.6 Å². The molecular formula is C20H20N2S2. The van der Waals surface area contributed by atoms with Gasteiger partial charge in [-0.3, -0.25) is 0 Å². The molecule has 0 amide bonds. The van der Waals surface area contributed by atoms with Crippen LogP contribution in [-0.2, 0) is 13.0 Å². The third kappa shape index (κ3) is 2.78. The minimum Gasteiger partial charge on any atom is -0.327 e. The quantitative estimate of drug-likeness (QED) is 0.569. The molecule has 0 saturated heterocycles. The zero-order chi connectivity index (χ0) is 16.5. The molecule has 2 heterocycles. The van der Waals surface area contributed by atoms with Crippen LogP contribution in [0.3, 0.4) is 0 Å². The van der Waals surface area contributed by atoms with Crippen LogP contribution >= 0.6 is 23.5 Å². The van der Waals surface area contributed by atoms with Crippen molar-refractivity contribution in [3.63, 3.8) is 0 Å². The van der Waals surface area contributed by atoms with Crippen LogP contribution in [0.15, 0.2) is 58.3 Å². The van der Waals surface area contributed by atoms with Crippen molar-refractivity contribution >= 4 is 23.5 Å². The third-order valence-corrected chi connectivity index (χ3v) is 6.04. The second-order valence-electron chi connectivity index (χ2n) is 5.94. The summed E-state index contributed by atoms with van der Waals surface area (Å²) in [6, 6.07) is 17.6. The van der Waals surface area contributed by atoms with Gasteiger partial charge in [-0.05, 0) is 43.2 Å². The molecule has 1 aromatic heterocycles. The van der Waals surface area contributed by atoms with Gasteiger partial charge in [0.25, 0.3) is 0 Å². The number of nitrogens with zero attached hydrogens (tertiary/aromatic N) is 2. The maximum Gasteiger partial charge on any atom is 0.109 e. The summed E-state index contributed by atoms with van der Waals surface area (Å²) >= 11 is 3.55. The summed E-state index contributed by atoms with van der Waals surface area (Å²) in [6.07, 6.45) is 6.51. The number of aryl methyl sites for hydroxylation is 1. The van der Waals surface area contributed by atoms with E-state index in [-0.39, 0.29) is 0 Å². The zero-order valence-corrected chi connectivity index (χ0v) is 15.6. The lowest BCUT2D eigenvalue weighted by Gasteiger charge is -2.09. The highest BCUT2D eigenvalue weighted by atomic mass is 32.2. The number of imidazole rings is 1. The lowest BCUT2D eigenvalue weighted by molar-refractivity contribution is 0.756. The van der Waals surface area contributed by atoms with E-state index in [9.17, 15) is 0 Å². The highest BCUT2D eigenvalue weighted by Gasteiger charge is 2.23. The van der Waals surface area contributed by atoms with E-state index in [1.807, 2.05) is 0 Å². The van der Waals surface area contributed by atoms with Crippen LogP contribution in [0.2, 0.25) is 0 Å². The third-order valence-electron chi connectivity index (χ3n) is 4.56. The van der Waals surface area contributed by atoms with Gasteiger partial charge >= 0.3 is 0 Å². The molecule has 0 aliphatic carbocycles. The fourth-order valence-electron chi connectivity index (χ4n) is 3.32. The molecular weight excluding hydrogens is 332 g/mol. The number of fused-ring (bicyclic) bond motifs is 1. The first-order valence-electron chi connectivity index (χ1n) is 8.18. The van der Waals surface area contributed by atoms with Crippen molar-refractivity contribution in [2.45, 2.75) is 29.2 Å². The molecule has 0 radical (unpaired) electrons. The van der Waals surface area contributed by atoms with Gasteiger partial charge in [0.2, 0.25) is 0 Å². The van der Waals surface area contributed by atoms with E-state index in [4.69, 9.17) is 4.98 Å². The molecule has 0 saturated carbocycles. The number of aromatic nitrogens is 2. The van der Waals surface area contributed by atoms with E-state index in [1.54, 1.807) is 23.5 Å². The van der Waals surface area contributed by atoms with Crippen molar-refractivity contribution in [2.24, 2.45) is 0 Å². The van der Waals surface area contributed by atoms with Crippen molar-refractivity contribution in [1.82, 2.24) is 9.55 Å². The summed E-state index contributed by atoms with van der Waals surface area (Å²) in [5.41, 5.74) is 4.86. The molecule has 24 heavy (non-hydrogen) atoms. The van der Waals surface area contributed by atoms with Crippen molar-refractivity contribution in [1.29, 1.82) is 0 Å². The fraction of sp³-hybridized carbons (Fsp3) is 0.250.